The monoisotopic (exact) mass is 605 g/mol. The van der Waals surface area contributed by atoms with E-state index in [1.54, 1.807) is 49.8 Å². The average molecular weight is 606 g/mol. The molecule has 0 bridgehead atoms. The van der Waals surface area contributed by atoms with Crippen molar-refractivity contribution in [2.24, 2.45) is 0 Å². The Hall–Kier alpha value is -4.48. The molecule has 3 amide bonds. The van der Waals surface area contributed by atoms with Gasteiger partial charge in [-0.25, -0.2) is 9.78 Å². The fourth-order valence-electron chi connectivity index (χ4n) is 4.43. The van der Waals surface area contributed by atoms with Crippen molar-refractivity contribution in [3.63, 3.8) is 0 Å². The van der Waals surface area contributed by atoms with Crippen LogP contribution in [0.2, 0.25) is 16.9 Å². The first-order valence-electron chi connectivity index (χ1n) is 13.0. The number of aromatic nitrogens is 2. The Labute approximate surface area is 255 Å². The first-order chi connectivity index (χ1) is 20.3. The number of urea groups is 1. The van der Waals surface area contributed by atoms with Crippen molar-refractivity contribution in [1.82, 2.24) is 15.3 Å². The number of anilines is 5. The summed E-state index contributed by atoms with van der Waals surface area (Å²) in [6.07, 6.45) is 6.22. The molecule has 4 rings (SSSR count). The molecule has 1 aromatic heterocycles. The third kappa shape index (κ3) is 6.22. The molecule has 0 fully saturated rings. The van der Waals surface area contributed by atoms with Crippen molar-refractivity contribution in [2.75, 3.05) is 41.1 Å². The lowest BCUT2D eigenvalue weighted by Crippen LogP contribution is -2.49. The van der Waals surface area contributed by atoms with Gasteiger partial charge >= 0.3 is 6.03 Å². The summed E-state index contributed by atoms with van der Waals surface area (Å²) < 4.78 is 5.50. The Kier molecular flexibility index (Phi) is 9.77. The van der Waals surface area contributed by atoms with Gasteiger partial charge in [0, 0.05) is 25.0 Å². The predicted molar refractivity (Wildman–Crippen MR) is 173 cm³/mol. The molecule has 0 aliphatic carbocycles. The summed E-state index contributed by atoms with van der Waals surface area (Å²) in [7, 11) is 3.89. The summed E-state index contributed by atoms with van der Waals surface area (Å²) in [6.45, 7) is 9.61. The molecule has 0 saturated heterocycles. The minimum Gasteiger partial charge on any atom is -0.495 e. The fraction of sp³-hybridized carbons (Fsp3) is 0.172. The molecule has 216 valence electrons. The maximum Gasteiger partial charge on any atom is 0.330 e. The molecule has 1 aliphatic rings. The van der Waals surface area contributed by atoms with E-state index >= 15 is 0 Å². The molecule has 2 heterocycles. The van der Waals surface area contributed by atoms with E-state index in [0.717, 1.165) is 11.0 Å². The Balaban J connectivity index is 1.81. The number of nitrogens with zero attached hydrogens (tertiary/aromatic N) is 4. The van der Waals surface area contributed by atoms with E-state index < -0.39 is 6.03 Å². The summed E-state index contributed by atoms with van der Waals surface area (Å²) in [4.78, 5) is 38.4. The summed E-state index contributed by atoms with van der Waals surface area (Å²) in [5, 5.41) is 9.47. The number of halogens is 2. The second-order valence-electron chi connectivity index (χ2n) is 9.14. The number of hydrogen-bond donors (Lipinski definition) is 3. The van der Waals surface area contributed by atoms with Crippen LogP contribution in [0.5, 0.6) is 5.75 Å². The number of methoxy groups -OCH3 is 1. The van der Waals surface area contributed by atoms with Gasteiger partial charge < -0.3 is 20.7 Å². The van der Waals surface area contributed by atoms with Gasteiger partial charge in [-0.05, 0) is 29.8 Å². The lowest BCUT2D eigenvalue weighted by atomic mass is 9.73. The number of hydrogen-bond acceptors (Lipinski definition) is 7. The Morgan fingerprint density at radius 2 is 1.93 bits per heavy atom. The molecule has 0 spiro atoms. The van der Waals surface area contributed by atoms with Crippen LogP contribution in [0.15, 0.2) is 73.6 Å². The van der Waals surface area contributed by atoms with Gasteiger partial charge in [-0.2, -0.15) is 4.98 Å². The summed E-state index contributed by atoms with van der Waals surface area (Å²) in [5.41, 5.74) is 3.62. The quantitative estimate of drug-likeness (QED) is 0.160. The van der Waals surface area contributed by atoms with E-state index in [9.17, 15) is 9.59 Å². The second kappa shape index (κ2) is 13.5. The molecule has 10 nitrogen and oxygen atoms in total. The molecule has 3 N–H and O–H groups in total. The highest BCUT2D eigenvalue weighted by Crippen LogP contribution is 2.42. The van der Waals surface area contributed by atoms with Gasteiger partial charge in [-0.3, -0.25) is 14.6 Å². The predicted octanol–water partition coefficient (Wildman–Crippen LogP) is 5.01. The van der Waals surface area contributed by atoms with Crippen LogP contribution in [0.4, 0.5) is 33.6 Å². The first-order valence-corrected chi connectivity index (χ1v) is 13.8. The van der Waals surface area contributed by atoms with Crippen LogP contribution in [0.25, 0.3) is 0 Å². The summed E-state index contributed by atoms with van der Waals surface area (Å²) in [5.74, 6) is 0.680. The Morgan fingerprint density at radius 3 is 2.57 bits per heavy atom. The molecule has 13 heteroatoms. The minimum absolute atomic E-state index is 0.117. The van der Waals surface area contributed by atoms with Crippen LogP contribution >= 0.6 is 23.2 Å². The third-order valence-corrected chi connectivity index (χ3v) is 7.31. The number of rotatable bonds is 11. The van der Waals surface area contributed by atoms with E-state index in [2.05, 4.69) is 34.1 Å². The van der Waals surface area contributed by atoms with Crippen LogP contribution in [0.3, 0.4) is 0 Å². The van der Waals surface area contributed by atoms with E-state index in [1.165, 1.54) is 23.0 Å². The highest BCUT2D eigenvalue weighted by Gasteiger charge is 2.36. The first kappa shape index (κ1) is 30.5. The van der Waals surface area contributed by atoms with Crippen molar-refractivity contribution in [3.8, 4) is 5.75 Å². The molecule has 0 atom stereocenters. The second-order valence-corrected chi connectivity index (χ2v) is 9.90. The lowest BCUT2D eigenvalue weighted by Gasteiger charge is -2.37. The summed E-state index contributed by atoms with van der Waals surface area (Å²) >= 11 is 13.5. The van der Waals surface area contributed by atoms with Crippen LogP contribution in [-0.4, -0.2) is 49.9 Å². The van der Waals surface area contributed by atoms with Gasteiger partial charge in [0.1, 0.15) is 16.6 Å². The van der Waals surface area contributed by atoms with E-state index in [0.29, 0.717) is 46.5 Å². The van der Waals surface area contributed by atoms with Gasteiger partial charge in [0.25, 0.3) is 0 Å². The fourth-order valence-corrected chi connectivity index (χ4v) is 5.19. The molecule has 2 aromatic carbocycles. The number of carbonyl (C=O) groups is 2. The SMILES string of the molecule is C=CC(=O)Nc1ccccc1Nc1ncc2c(n1)N(C/C(C=C)=C/NC)C(=O)N(c1c(Cl)c(BC)cc(OC)c1Cl)C2. The topological polar surface area (TPSA) is 112 Å². The average Bonchev–Trinajstić information content (AvgIpc) is 2.99. The van der Waals surface area contributed by atoms with Crippen molar-refractivity contribution in [2.45, 2.75) is 13.4 Å². The smallest absolute Gasteiger partial charge is 0.330 e. The summed E-state index contributed by atoms with van der Waals surface area (Å²) in [6, 6.07) is 8.49. The molecule has 0 radical (unpaired) electrons. The molecule has 1 aliphatic heterocycles. The maximum atomic E-state index is 14.2. The van der Waals surface area contributed by atoms with Gasteiger partial charge in [-0.1, -0.05) is 66.9 Å². The van der Waals surface area contributed by atoms with Crippen molar-refractivity contribution >= 4 is 76.7 Å². The van der Waals surface area contributed by atoms with Crippen molar-refractivity contribution in [3.05, 3.63) is 89.2 Å². The van der Waals surface area contributed by atoms with Crippen LogP contribution < -0.4 is 35.9 Å². The molecular weight excluding hydrogens is 576 g/mol. The normalized spacial score (nSPS) is 12.8. The van der Waals surface area contributed by atoms with Crippen molar-refractivity contribution < 1.29 is 14.3 Å². The lowest BCUT2D eigenvalue weighted by molar-refractivity contribution is -0.111. The maximum absolute atomic E-state index is 14.2. The Morgan fingerprint density at radius 1 is 1.19 bits per heavy atom. The minimum atomic E-state index is -0.395. The standard InChI is InChI=1S/C29H30BCl2N7O3/c1-6-17(13-33-4)15-39-27-18(14-34-28(37-27)36-21-11-9-8-10-20(21)35-23(40)7-2)16-38(29(39)41)26-24(31)19(30-3)12-22(42-5)25(26)32/h6-14,30,33H,1-2,15-16H2,3-5H3,(H,35,40)(H,34,36,37)/b17-13+. The van der Waals surface area contributed by atoms with E-state index in [-0.39, 0.29) is 30.0 Å². The zero-order valence-electron chi connectivity index (χ0n) is 23.5. The highest BCUT2D eigenvalue weighted by molar-refractivity contribution is 6.59. The number of fused-ring (bicyclic) bond motifs is 1. The van der Waals surface area contributed by atoms with E-state index in [1.807, 2.05) is 12.9 Å². The third-order valence-electron chi connectivity index (χ3n) is 6.53. The number of para-hydroxylation sites is 2. The highest BCUT2D eigenvalue weighted by atomic mass is 35.5. The number of benzene rings is 2. The molecule has 0 saturated carbocycles. The van der Waals surface area contributed by atoms with E-state index in [4.69, 9.17) is 32.9 Å². The van der Waals surface area contributed by atoms with Gasteiger partial charge in [0.15, 0.2) is 7.28 Å². The number of carbonyl (C=O) groups excluding carboxylic acids is 2. The van der Waals surface area contributed by atoms with Crippen molar-refractivity contribution in [1.29, 1.82) is 0 Å². The molecule has 0 unspecified atom stereocenters. The molecule has 42 heavy (non-hydrogen) atoms. The zero-order valence-corrected chi connectivity index (χ0v) is 25.0. The molecular formula is C29H30BCl2N7O3. The number of ether oxygens (including phenoxy) is 1. The number of amides is 3. The molecule has 3 aromatic rings. The van der Waals surface area contributed by atoms with Gasteiger partial charge in [0.2, 0.25) is 11.9 Å². The van der Waals surface area contributed by atoms with Crippen LogP contribution in [-0.2, 0) is 11.3 Å². The van der Waals surface area contributed by atoms with Gasteiger partial charge in [-0.15, -0.1) is 0 Å². The number of nitrogens with one attached hydrogen (secondary N) is 3. The van der Waals surface area contributed by atoms with Crippen LogP contribution in [0, 0.1) is 0 Å². The largest absolute Gasteiger partial charge is 0.495 e. The van der Waals surface area contributed by atoms with Crippen LogP contribution in [0.1, 0.15) is 5.56 Å². The Bertz CT molecular complexity index is 1550. The zero-order chi connectivity index (χ0) is 30.4. The van der Waals surface area contributed by atoms with Gasteiger partial charge in [0.05, 0.1) is 42.3 Å².